The molecule has 21 heavy (non-hydrogen) atoms. The second-order valence-corrected chi connectivity index (χ2v) is 5.31. The molecule has 0 saturated heterocycles. The van der Waals surface area contributed by atoms with E-state index in [0.717, 1.165) is 18.6 Å². The third-order valence-corrected chi connectivity index (χ3v) is 3.36. The molecule has 0 aromatic heterocycles. The highest BCUT2D eigenvalue weighted by Gasteiger charge is 2.01. The zero-order chi connectivity index (χ0) is 15.1. The van der Waals surface area contributed by atoms with Crippen LogP contribution in [0.5, 0.6) is 17.2 Å². The van der Waals surface area contributed by atoms with Crippen LogP contribution in [0.25, 0.3) is 0 Å². The van der Waals surface area contributed by atoms with Gasteiger partial charge in [0.2, 0.25) is 0 Å². The average Bonchev–Trinajstić information content (AvgIpc) is 2.48. The van der Waals surface area contributed by atoms with Gasteiger partial charge in [-0.3, -0.25) is 0 Å². The Labute approximate surface area is 134 Å². The molecule has 112 valence electrons. The van der Waals surface area contributed by atoms with Crippen LogP contribution in [0.1, 0.15) is 12.8 Å². The highest BCUT2D eigenvalue weighted by Crippen LogP contribution is 2.27. The van der Waals surface area contributed by atoms with Crippen molar-refractivity contribution in [3.63, 3.8) is 0 Å². The van der Waals surface area contributed by atoms with Crippen molar-refractivity contribution < 1.29 is 14.6 Å². The van der Waals surface area contributed by atoms with Crippen molar-refractivity contribution in [3.8, 4) is 17.2 Å². The van der Waals surface area contributed by atoms with Gasteiger partial charge in [-0.15, -0.1) is 0 Å². The number of hydrogen-bond donors (Lipinski definition) is 1. The molecule has 0 aliphatic rings. The molecule has 0 saturated carbocycles. The van der Waals surface area contributed by atoms with Crippen molar-refractivity contribution in [1.82, 2.24) is 0 Å². The zero-order valence-corrected chi connectivity index (χ0v) is 12.9. The second-order valence-electron chi connectivity index (χ2n) is 4.47. The first-order valence-electron chi connectivity index (χ1n) is 6.65. The van der Waals surface area contributed by atoms with Crippen LogP contribution < -0.4 is 9.47 Å². The second kappa shape index (κ2) is 8.01. The predicted octanol–water partition coefficient (Wildman–Crippen LogP) is 4.94. The first-order chi connectivity index (χ1) is 10.1. The molecule has 5 heteroatoms. The Morgan fingerprint density at radius 2 is 1.38 bits per heavy atom. The average molecular weight is 327 g/mol. The smallest absolute Gasteiger partial charge is 0.134 e. The van der Waals surface area contributed by atoms with Crippen LogP contribution in [-0.2, 0) is 0 Å². The Morgan fingerprint density at radius 1 is 0.810 bits per heavy atom. The molecule has 0 aliphatic carbocycles. The summed E-state index contributed by atoms with van der Waals surface area (Å²) in [6.07, 6.45) is 1.75. The minimum absolute atomic E-state index is 0.0559. The lowest BCUT2D eigenvalue weighted by atomic mass is 10.3. The monoisotopic (exact) mass is 326 g/mol. The van der Waals surface area contributed by atoms with Gasteiger partial charge in [-0.25, -0.2) is 0 Å². The number of phenols is 1. The Morgan fingerprint density at radius 3 is 2.00 bits per heavy atom. The van der Waals surface area contributed by atoms with E-state index in [1.54, 1.807) is 24.3 Å². The van der Waals surface area contributed by atoms with Crippen LogP contribution in [0, 0.1) is 0 Å². The van der Waals surface area contributed by atoms with Crippen LogP contribution in [0.15, 0.2) is 42.5 Å². The number of ether oxygens (including phenoxy) is 2. The molecule has 2 aromatic rings. The molecule has 0 radical (unpaired) electrons. The maximum atomic E-state index is 9.30. The summed E-state index contributed by atoms with van der Waals surface area (Å²) in [5, 5.41) is 10.3. The van der Waals surface area contributed by atoms with E-state index in [2.05, 4.69) is 0 Å². The lowest BCUT2D eigenvalue weighted by molar-refractivity contribution is 0.266. The maximum Gasteiger partial charge on any atom is 0.134 e. The van der Waals surface area contributed by atoms with Crippen LogP contribution in [0.4, 0.5) is 0 Å². The van der Waals surface area contributed by atoms with Crippen LogP contribution in [-0.4, -0.2) is 18.3 Å². The third kappa shape index (κ3) is 5.37. The number of benzene rings is 2. The van der Waals surface area contributed by atoms with Crippen molar-refractivity contribution in [2.45, 2.75) is 12.8 Å². The van der Waals surface area contributed by atoms with Crippen molar-refractivity contribution in [1.29, 1.82) is 0 Å². The van der Waals surface area contributed by atoms with Crippen molar-refractivity contribution >= 4 is 23.2 Å². The van der Waals surface area contributed by atoms with E-state index in [1.807, 2.05) is 12.1 Å². The number of unbranched alkanes of at least 4 members (excludes halogenated alkanes) is 1. The van der Waals surface area contributed by atoms with E-state index in [1.165, 1.54) is 6.07 Å². The molecule has 2 rings (SSSR count). The largest absolute Gasteiger partial charge is 0.506 e. The van der Waals surface area contributed by atoms with Gasteiger partial charge in [0.1, 0.15) is 17.2 Å². The maximum absolute atomic E-state index is 9.30. The molecule has 2 aromatic carbocycles. The topological polar surface area (TPSA) is 38.7 Å². The van der Waals surface area contributed by atoms with Gasteiger partial charge in [0.15, 0.2) is 0 Å². The fourth-order valence-electron chi connectivity index (χ4n) is 1.69. The molecular formula is C16H16Cl2O3. The number of rotatable bonds is 7. The molecule has 0 atom stereocenters. The Bertz CT molecular complexity index is 570. The Balaban J connectivity index is 1.61. The standard InChI is InChI=1S/C16H16Cl2O3/c17-12-3-5-13(6-4-12)20-9-1-2-10-21-14-7-8-16(19)15(18)11-14/h3-8,11,19H,1-2,9-10H2. The lowest BCUT2D eigenvalue weighted by Gasteiger charge is -2.08. The quantitative estimate of drug-likeness (QED) is 0.732. The van der Waals surface area contributed by atoms with E-state index in [0.29, 0.717) is 29.0 Å². The van der Waals surface area contributed by atoms with Crippen LogP contribution in [0.2, 0.25) is 10.0 Å². The Hall–Kier alpha value is -1.58. The van der Waals surface area contributed by atoms with Gasteiger partial charge < -0.3 is 14.6 Å². The molecule has 0 heterocycles. The fraction of sp³-hybridized carbons (Fsp3) is 0.250. The van der Waals surface area contributed by atoms with E-state index in [-0.39, 0.29) is 5.75 Å². The van der Waals surface area contributed by atoms with Crippen molar-refractivity contribution in [2.24, 2.45) is 0 Å². The van der Waals surface area contributed by atoms with E-state index >= 15 is 0 Å². The molecule has 3 nitrogen and oxygen atoms in total. The lowest BCUT2D eigenvalue weighted by Crippen LogP contribution is -2.02. The molecule has 1 N–H and O–H groups in total. The van der Waals surface area contributed by atoms with Gasteiger partial charge in [-0.05, 0) is 49.2 Å². The van der Waals surface area contributed by atoms with Crippen molar-refractivity contribution in [2.75, 3.05) is 13.2 Å². The highest BCUT2D eigenvalue weighted by molar-refractivity contribution is 6.32. The number of phenolic OH excluding ortho intramolecular Hbond substituents is 1. The third-order valence-electron chi connectivity index (χ3n) is 2.81. The summed E-state index contributed by atoms with van der Waals surface area (Å²) in [6.45, 7) is 1.20. The normalized spacial score (nSPS) is 10.4. The summed E-state index contributed by atoms with van der Waals surface area (Å²) < 4.78 is 11.1. The predicted molar refractivity (Wildman–Crippen MR) is 84.8 cm³/mol. The summed E-state index contributed by atoms with van der Waals surface area (Å²) in [5.74, 6) is 1.52. The summed E-state index contributed by atoms with van der Waals surface area (Å²) in [7, 11) is 0. The van der Waals surface area contributed by atoms with Gasteiger partial charge >= 0.3 is 0 Å². The van der Waals surface area contributed by atoms with E-state index in [9.17, 15) is 5.11 Å². The fourth-order valence-corrected chi connectivity index (χ4v) is 1.99. The van der Waals surface area contributed by atoms with Crippen molar-refractivity contribution in [3.05, 3.63) is 52.5 Å². The first kappa shape index (κ1) is 15.8. The molecule has 0 bridgehead atoms. The van der Waals surface area contributed by atoms with Gasteiger partial charge in [0.25, 0.3) is 0 Å². The molecule has 0 amide bonds. The van der Waals surface area contributed by atoms with Crippen LogP contribution in [0.3, 0.4) is 0 Å². The zero-order valence-electron chi connectivity index (χ0n) is 11.4. The van der Waals surface area contributed by atoms with Gasteiger partial charge in [0.05, 0.1) is 18.2 Å². The highest BCUT2D eigenvalue weighted by atomic mass is 35.5. The number of halogens is 2. The summed E-state index contributed by atoms with van der Waals surface area (Å²) >= 11 is 11.6. The molecule has 0 aliphatic heterocycles. The Kier molecular flexibility index (Phi) is 6.03. The number of aromatic hydroxyl groups is 1. The summed E-state index contributed by atoms with van der Waals surface area (Å²) in [5.41, 5.74) is 0. The molecule has 0 spiro atoms. The first-order valence-corrected chi connectivity index (χ1v) is 7.40. The van der Waals surface area contributed by atoms with Gasteiger partial charge in [0, 0.05) is 11.1 Å². The summed E-state index contributed by atoms with van der Waals surface area (Å²) in [4.78, 5) is 0. The van der Waals surface area contributed by atoms with Gasteiger partial charge in [-0.2, -0.15) is 0 Å². The van der Waals surface area contributed by atoms with Crippen LogP contribution >= 0.6 is 23.2 Å². The molecule has 0 unspecified atom stereocenters. The molecular weight excluding hydrogens is 311 g/mol. The van der Waals surface area contributed by atoms with Gasteiger partial charge in [-0.1, -0.05) is 23.2 Å². The summed E-state index contributed by atoms with van der Waals surface area (Å²) in [6, 6.07) is 12.1. The minimum atomic E-state index is 0.0559. The van der Waals surface area contributed by atoms with E-state index in [4.69, 9.17) is 32.7 Å². The van der Waals surface area contributed by atoms with E-state index < -0.39 is 0 Å². The number of hydrogen-bond acceptors (Lipinski definition) is 3. The molecule has 0 fully saturated rings. The SMILES string of the molecule is Oc1ccc(OCCCCOc2ccc(Cl)cc2)cc1Cl. The minimum Gasteiger partial charge on any atom is -0.506 e.